The molecule has 0 amide bonds. The summed E-state index contributed by atoms with van der Waals surface area (Å²) in [6.45, 7) is 7.55. The van der Waals surface area contributed by atoms with E-state index < -0.39 is 17.2 Å². The number of ether oxygens (including phenoxy) is 3. The third-order valence-corrected chi connectivity index (χ3v) is 12.1. The molecule has 0 bridgehead atoms. The van der Waals surface area contributed by atoms with Crippen LogP contribution in [0.25, 0.3) is 32.9 Å². The number of pyridine rings is 1. The van der Waals surface area contributed by atoms with Gasteiger partial charge in [0.15, 0.2) is 5.82 Å². The minimum Gasteiger partial charge on any atom is -0.508 e. The lowest BCUT2D eigenvalue weighted by molar-refractivity contribution is -0.0877. The van der Waals surface area contributed by atoms with Crippen molar-refractivity contribution < 1.29 is 33.2 Å². The molecule has 2 saturated heterocycles. The maximum atomic E-state index is 17.1. The van der Waals surface area contributed by atoms with Gasteiger partial charge in [-0.3, -0.25) is 9.88 Å². The number of rotatable bonds is 8. The molecular formula is C41H47F2N5O5. The molecule has 2 aromatic heterocycles. The Labute approximate surface area is 308 Å². The van der Waals surface area contributed by atoms with Crippen LogP contribution in [-0.4, -0.2) is 101 Å². The summed E-state index contributed by atoms with van der Waals surface area (Å²) in [4.78, 5) is 18.6. The molecule has 2 aromatic carbocycles. The number of aromatic hydroxyl groups is 1. The fourth-order valence-corrected chi connectivity index (χ4v) is 9.69. The zero-order chi connectivity index (χ0) is 37.1. The average Bonchev–Trinajstić information content (AvgIpc) is 3.47. The lowest BCUT2D eigenvalue weighted by atomic mass is 9.66. The second-order valence-corrected chi connectivity index (χ2v) is 16.4. The highest BCUT2D eigenvalue weighted by Gasteiger charge is 2.51. The quantitative estimate of drug-likeness (QED) is 0.203. The molecule has 4 aromatic rings. The van der Waals surface area contributed by atoms with Gasteiger partial charge in [-0.15, -0.1) is 6.42 Å². The number of fused-ring (bicyclic) bond motifs is 3. The van der Waals surface area contributed by atoms with Crippen molar-refractivity contribution in [2.45, 2.75) is 76.5 Å². The molecule has 2 saturated carbocycles. The minimum atomic E-state index is -1.20. The zero-order valence-electron chi connectivity index (χ0n) is 30.6. The lowest BCUT2D eigenvalue weighted by Gasteiger charge is -2.52. The summed E-state index contributed by atoms with van der Waals surface area (Å²) in [5, 5.41) is 22.7. The number of phenolic OH excluding ortho intramolecular Hbond substituents is 1. The monoisotopic (exact) mass is 727 g/mol. The van der Waals surface area contributed by atoms with Gasteiger partial charge < -0.3 is 29.3 Å². The number of piperidine rings is 1. The van der Waals surface area contributed by atoms with E-state index in [0.717, 1.165) is 58.0 Å². The van der Waals surface area contributed by atoms with Crippen LogP contribution < -0.4 is 9.64 Å². The summed E-state index contributed by atoms with van der Waals surface area (Å²) in [6.07, 6.45) is 15.0. The molecule has 3 unspecified atom stereocenters. The summed E-state index contributed by atoms with van der Waals surface area (Å²) < 4.78 is 49.9. The largest absolute Gasteiger partial charge is 0.508 e. The third-order valence-electron chi connectivity index (χ3n) is 12.1. The number of nitrogens with zero attached hydrogens (tertiary/aromatic N) is 5. The SMILES string of the molecule is C#Cc1c(F)ccc2cc(O)cc(-c3ncc4c(N5CCOCC(C)(O)C5)nc(OCC56CCCC5N(CC5(C)CC(OC)C5)CCC6)nc4c3F)c12. The van der Waals surface area contributed by atoms with Gasteiger partial charge >= 0.3 is 6.01 Å². The number of anilines is 1. The van der Waals surface area contributed by atoms with Crippen LogP contribution in [0.4, 0.5) is 14.6 Å². The Morgan fingerprint density at radius 1 is 1.11 bits per heavy atom. The zero-order valence-corrected chi connectivity index (χ0v) is 30.6. The van der Waals surface area contributed by atoms with E-state index in [0.29, 0.717) is 48.5 Å². The van der Waals surface area contributed by atoms with Gasteiger partial charge in [-0.1, -0.05) is 25.3 Å². The Balaban J connectivity index is 1.19. The van der Waals surface area contributed by atoms with Crippen LogP contribution in [0, 0.1) is 34.8 Å². The van der Waals surface area contributed by atoms with Gasteiger partial charge in [-0.25, -0.2) is 8.78 Å². The fourth-order valence-electron chi connectivity index (χ4n) is 9.69. The summed E-state index contributed by atoms with van der Waals surface area (Å²) in [6, 6.07) is 5.87. The molecule has 3 atom stereocenters. The number of benzene rings is 2. The Hall–Kier alpha value is -4.15. The third kappa shape index (κ3) is 6.56. The van der Waals surface area contributed by atoms with E-state index in [2.05, 4.69) is 27.7 Å². The van der Waals surface area contributed by atoms with Crippen molar-refractivity contribution in [1.82, 2.24) is 19.9 Å². The topological polar surface area (TPSA) is 113 Å². The van der Waals surface area contributed by atoms with Gasteiger partial charge in [0.25, 0.3) is 0 Å². The number of phenols is 1. The average molecular weight is 728 g/mol. The van der Waals surface area contributed by atoms with Crippen molar-refractivity contribution in [2.24, 2.45) is 10.8 Å². The molecular weight excluding hydrogens is 680 g/mol. The highest BCUT2D eigenvalue weighted by atomic mass is 19.1. The number of halogens is 2. The molecule has 4 fully saturated rings. The van der Waals surface area contributed by atoms with Crippen LogP contribution >= 0.6 is 0 Å². The summed E-state index contributed by atoms with van der Waals surface area (Å²) in [5.74, 6) is 1.16. The first-order valence-electron chi connectivity index (χ1n) is 18.6. The van der Waals surface area contributed by atoms with E-state index in [9.17, 15) is 14.6 Å². The molecule has 4 aliphatic rings. The number of hydrogen-bond donors (Lipinski definition) is 2. The molecule has 12 heteroatoms. The molecule has 2 aliphatic heterocycles. The number of aliphatic hydroxyl groups is 1. The highest BCUT2D eigenvalue weighted by Crippen LogP contribution is 2.51. The number of methoxy groups -OCH3 is 1. The van der Waals surface area contributed by atoms with Crippen LogP contribution in [0.15, 0.2) is 30.5 Å². The van der Waals surface area contributed by atoms with Crippen LogP contribution in [0.1, 0.15) is 64.4 Å². The van der Waals surface area contributed by atoms with Crippen LogP contribution in [0.3, 0.4) is 0 Å². The molecule has 280 valence electrons. The van der Waals surface area contributed by atoms with E-state index in [1.54, 1.807) is 14.0 Å². The molecule has 10 nitrogen and oxygen atoms in total. The van der Waals surface area contributed by atoms with Crippen LogP contribution in [-0.2, 0) is 9.47 Å². The minimum absolute atomic E-state index is 0.0236. The Morgan fingerprint density at radius 2 is 1.92 bits per heavy atom. The summed E-state index contributed by atoms with van der Waals surface area (Å²) in [5.41, 5.74) is -1.18. The van der Waals surface area contributed by atoms with Gasteiger partial charge in [0, 0.05) is 48.8 Å². The van der Waals surface area contributed by atoms with E-state index in [-0.39, 0.29) is 63.5 Å². The second kappa shape index (κ2) is 13.6. The maximum Gasteiger partial charge on any atom is 0.319 e. The second-order valence-electron chi connectivity index (χ2n) is 16.4. The van der Waals surface area contributed by atoms with Crippen molar-refractivity contribution in [3.8, 4) is 35.4 Å². The van der Waals surface area contributed by atoms with E-state index in [1.807, 2.05) is 4.90 Å². The number of likely N-dealkylation sites (tertiary alicyclic amines) is 1. The normalized spacial score (nSPS) is 29.1. The fraction of sp³-hybridized carbons (Fsp3) is 0.537. The highest BCUT2D eigenvalue weighted by molar-refractivity contribution is 6.03. The predicted molar refractivity (Wildman–Crippen MR) is 198 cm³/mol. The standard InChI is InChI=1S/C41H47F2N5O5/c1-5-28-31(42)10-9-25-16-26(49)17-29(33(25)28)35-34(43)36-30(20-44-35)37(48-14-15-52-23-40(3,50)22-48)46-38(45-36)53-24-41-11-6-8-32(41)47(13-7-12-41)21-39(2)18-27(19-39)51-4/h1,9-10,16-17,20,27,32,49-50H,6-8,11-15,18-19,21-24H2,2-4H3. The summed E-state index contributed by atoms with van der Waals surface area (Å²) >= 11 is 0. The van der Waals surface area contributed by atoms with Crippen LogP contribution in [0.2, 0.25) is 0 Å². The Kier molecular flexibility index (Phi) is 9.21. The van der Waals surface area contributed by atoms with E-state index >= 15 is 4.39 Å². The van der Waals surface area contributed by atoms with Gasteiger partial charge in [-0.2, -0.15) is 9.97 Å². The molecule has 4 heterocycles. The molecule has 0 radical (unpaired) electrons. The first kappa shape index (κ1) is 35.9. The number of terminal acetylenes is 1. The van der Waals surface area contributed by atoms with Gasteiger partial charge in [0.1, 0.15) is 34.2 Å². The summed E-state index contributed by atoms with van der Waals surface area (Å²) in [7, 11) is 1.79. The Bertz CT molecular complexity index is 2100. The first-order valence-corrected chi connectivity index (χ1v) is 18.6. The van der Waals surface area contributed by atoms with E-state index in [1.165, 1.54) is 30.5 Å². The molecule has 0 spiro atoms. The number of hydrogen-bond acceptors (Lipinski definition) is 10. The number of β-amino-alcohol motifs (C(OH)–C–C–N with tert-alkyl or cyclic N) is 1. The molecule has 2 aliphatic carbocycles. The van der Waals surface area contributed by atoms with Gasteiger partial charge in [0.05, 0.1) is 43.4 Å². The lowest BCUT2D eigenvalue weighted by Crippen LogP contribution is -2.57. The van der Waals surface area contributed by atoms with Crippen molar-refractivity contribution in [2.75, 3.05) is 58.0 Å². The maximum absolute atomic E-state index is 17.1. The van der Waals surface area contributed by atoms with E-state index in [4.69, 9.17) is 25.6 Å². The van der Waals surface area contributed by atoms with Crippen molar-refractivity contribution in [3.05, 3.63) is 47.7 Å². The smallest absolute Gasteiger partial charge is 0.319 e. The van der Waals surface area contributed by atoms with Crippen molar-refractivity contribution in [3.63, 3.8) is 0 Å². The first-order chi connectivity index (χ1) is 25.4. The van der Waals surface area contributed by atoms with Crippen molar-refractivity contribution in [1.29, 1.82) is 0 Å². The van der Waals surface area contributed by atoms with Crippen molar-refractivity contribution >= 4 is 27.5 Å². The van der Waals surface area contributed by atoms with Gasteiger partial charge in [-0.05, 0) is 81.0 Å². The van der Waals surface area contributed by atoms with Gasteiger partial charge in [0.2, 0.25) is 0 Å². The molecule has 2 N–H and O–H groups in total. The molecule has 53 heavy (non-hydrogen) atoms. The molecule has 8 rings (SSSR count). The Morgan fingerprint density at radius 3 is 2.72 bits per heavy atom. The predicted octanol–water partition coefficient (Wildman–Crippen LogP) is 6.23. The number of aromatic nitrogens is 3. The van der Waals surface area contributed by atoms with Crippen LogP contribution in [0.5, 0.6) is 11.8 Å².